The van der Waals surface area contributed by atoms with Gasteiger partial charge in [0.25, 0.3) is 5.91 Å². The number of alkyl halides is 3. The molecule has 2 unspecified atom stereocenters. The summed E-state index contributed by atoms with van der Waals surface area (Å²) >= 11 is 0. The molecule has 0 saturated heterocycles. The van der Waals surface area contributed by atoms with E-state index >= 15 is 0 Å². The minimum atomic E-state index is -4.65. The summed E-state index contributed by atoms with van der Waals surface area (Å²) < 4.78 is 46.2. The van der Waals surface area contributed by atoms with Gasteiger partial charge in [-0.05, 0) is 26.0 Å². The summed E-state index contributed by atoms with van der Waals surface area (Å²) in [6, 6.07) is 3.31. The third-order valence-electron chi connectivity index (χ3n) is 4.47. The van der Waals surface area contributed by atoms with E-state index in [4.69, 9.17) is 4.74 Å². The molecule has 2 atom stereocenters. The molecule has 1 aliphatic heterocycles. The van der Waals surface area contributed by atoms with Gasteiger partial charge in [0.1, 0.15) is 17.6 Å². The number of aromatic nitrogens is 3. The fourth-order valence-corrected chi connectivity index (χ4v) is 3.03. The number of rotatable bonds is 4. The first-order valence-electron chi connectivity index (χ1n) is 8.34. The van der Waals surface area contributed by atoms with Crippen molar-refractivity contribution in [2.75, 3.05) is 0 Å². The molecule has 0 bridgehead atoms. The molecule has 1 N–H and O–H groups in total. The van der Waals surface area contributed by atoms with Crippen molar-refractivity contribution in [1.82, 2.24) is 19.7 Å². The van der Waals surface area contributed by atoms with Crippen LogP contribution in [0.1, 0.15) is 24.1 Å². The van der Waals surface area contributed by atoms with Gasteiger partial charge in [0.15, 0.2) is 11.9 Å². The summed E-state index contributed by atoms with van der Waals surface area (Å²) in [5.74, 6) is -1.59. The maximum Gasteiger partial charge on any atom is 0.419 e. The van der Waals surface area contributed by atoms with Crippen LogP contribution in [-0.2, 0) is 28.9 Å². The quantitative estimate of drug-likeness (QED) is 0.845. The van der Waals surface area contributed by atoms with Crippen LogP contribution >= 0.6 is 0 Å². The highest BCUT2D eigenvalue weighted by molar-refractivity contribution is 5.86. The van der Waals surface area contributed by atoms with Gasteiger partial charge in [-0.3, -0.25) is 4.79 Å². The number of benzene rings is 1. The van der Waals surface area contributed by atoms with Crippen molar-refractivity contribution in [3.63, 3.8) is 0 Å². The van der Waals surface area contributed by atoms with Gasteiger partial charge in [-0.2, -0.15) is 13.2 Å². The number of halogens is 3. The van der Waals surface area contributed by atoms with E-state index in [9.17, 15) is 27.9 Å². The van der Waals surface area contributed by atoms with Crippen LogP contribution in [0.15, 0.2) is 24.3 Å². The number of hydrogen-bond acceptors (Lipinski definition) is 5. The lowest BCUT2D eigenvalue weighted by Crippen LogP contribution is -2.54. The number of carbonyl (C=O) groups is 2. The molecule has 28 heavy (non-hydrogen) atoms. The highest BCUT2D eigenvalue weighted by Gasteiger charge is 2.40. The average Bonchev–Trinajstić information content (AvgIpc) is 2.99. The molecule has 11 heteroatoms. The van der Waals surface area contributed by atoms with Gasteiger partial charge in [0, 0.05) is 0 Å². The number of aryl methyl sites for hydroxylation is 1. The molecular weight excluding hydrogens is 381 g/mol. The molecule has 1 aromatic heterocycles. The number of amides is 1. The summed E-state index contributed by atoms with van der Waals surface area (Å²) in [5.41, 5.74) is -1.02. The van der Waals surface area contributed by atoms with Gasteiger partial charge in [0.2, 0.25) is 0 Å². The van der Waals surface area contributed by atoms with Gasteiger partial charge in [-0.1, -0.05) is 12.1 Å². The van der Waals surface area contributed by atoms with Crippen molar-refractivity contribution in [3.8, 4) is 5.75 Å². The summed E-state index contributed by atoms with van der Waals surface area (Å²) in [6.45, 7) is 2.75. The largest absolute Gasteiger partial charge is 0.480 e. The second kappa shape index (κ2) is 7.13. The van der Waals surface area contributed by atoms with Crippen molar-refractivity contribution < 1.29 is 32.6 Å². The fourth-order valence-electron chi connectivity index (χ4n) is 3.03. The average molecular weight is 398 g/mol. The molecule has 2 heterocycles. The zero-order valence-corrected chi connectivity index (χ0v) is 15.0. The number of fused-ring (bicyclic) bond motifs is 1. The SMILES string of the molecule is Cc1nnc2n1CC(C(=O)O)N(C(=O)C(C)Oc1ccccc1C(F)(F)F)C2. The first-order chi connectivity index (χ1) is 13.1. The molecule has 0 saturated carbocycles. The van der Waals surface area contributed by atoms with Gasteiger partial charge in [-0.15, -0.1) is 10.2 Å². The predicted octanol–water partition coefficient (Wildman–Crippen LogP) is 1.87. The molecular formula is C17H17F3N4O4. The van der Waals surface area contributed by atoms with E-state index < -0.39 is 41.5 Å². The number of carbonyl (C=O) groups excluding carboxylic acids is 1. The van der Waals surface area contributed by atoms with Crippen LogP contribution in [0.25, 0.3) is 0 Å². The van der Waals surface area contributed by atoms with Crippen molar-refractivity contribution in [2.45, 2.75) is 45.3 Å². The fraction of sp³-hybridized carbons (Fsp3) is 0.412. The first-order valence-corrected chi connectivity index (χ1v) is 8.34. The Morgan fingerprint density at radius 2 is 1.96 bits per heavy atom. The molecule has 1 aliphatic rings. The summed E-state index contributed by atoms with van der Waals surface area (Å²) in [5, 5.41) is 17.3. The van der Waals surface area contributed by atoms with E-state index in [0.29, 0.717) is 11.6 Å². The highest BCUT2D eigenvalue weighted by Crippen LogP contribution is 2.36. The molecule has 8 nitrogen and oxygen atoms in total. The Hall–Kier alpha value is -3.11. The molecule has 2 aromatic rings. The van der Waals surface area contributed by atoms with Gasteiger partial charge < -0.3 is 19.3 Å². The van der Waals surface area contributed by atoms with Gasteiger partial charge in [-0.25, -0.2) is 4.79 Å². The predicted molar refractivity (Wildman–Crippen MR) is 88.3 cm³/mol. The Bertz CT molecular complexity index is 912. The van der Waals surface area contributed by atoms with Gasteiger partial charge >= 0.3 is 12.1 Å². The van der Waals surface area contributed by atoms with Crippen molar-refractivity contribution in [1.29, 1.82) is 0 Å². The standard InChI is InChI=1S/C17H17F3N4O4/c1-9(28-13-6-4-3-5-11(13)17(18,19)20)15(25)24-8-14-22-21-10(2)23(14)7-12(24)16(26)27/h3-6,9,12H,7-8H2,1-2H3,(H,26,27). The minimum absolute atomic E-state index is 0.0545. The number of hydrogen-bond donors (Lipinski definition) is 1. The van der Waals surface area contributed by atoms with Crippen molar-refractivity contribution >= 4 is 11.9 Å². The summed E-state index contributed by atoms with van der Waals surface area (Å²) in [7, 11) is 0. The molecule has 1 amide bonds. The van der Waals surface area contributed by atoms with E-state index in [-0.39, 0.29) is 13.1 Å². The van der Waals surface area contributed by atoms with Crippen molar-refractivity contribution in [3.05, 3.63) is 41.5 Å². The number of ether oxygens (including phenoxy) is 1. The highest BCUT2D eigenvalue weighted by atomic mass is 19.4. The second-order valence-electron chi connectivity index (χ2n) is 6.35. The Labute approximate surface area is 157 Å². The van der Waals surface area contributed by atoms with E-state index in [1.54, 1.807) is 11.5 Å². The molecule has 1 aromatic carbocycles. The lowest BCUT2D eigenvalue weighted by atomic mass is 10.1. The van der Waals surface area contributed by atoms with E-state index in [1.807, 2.05) is 0 Å². The van der Waals surface area contributed by atoms with Crippen LogP contribution in [-0.4, -0.2) is 48.8 Å². The lowest BCUT2D eigenvalue weighted by molar-refractivity contribution is -0.156. The molecule has 0 aliphatic carbocycles. The van der Waals surface area contributed by atoms with Crippen LogP contribution in [0, 0.1) is 6.92 Å². The molecule has 150 valence electrons. The number of carboxylic acid groups (broad SMARTS) is 1. The van der Waals surface area contributed by atoms with Crippen molar-refractivity contribution in [2.24, 2.45) is 0 Å². The van der Waals surface area contributed by atoms with E-state index in [0.717, 1.165) is 17.0 Å². The Morgan fingerprint density at radius 1 is 1.29 bits per heavy atom. The van der Waals surface area contributed by atoms with Crippen LogP contribution in [0.3, 0.4) is 0 Å². The Kier molecular flexibility index (Phi) is 5.01. The second-order valence-corrected chi connectivity index (χ2v) is 6.35. The number of nitrogens with zero attached hydrogens (tertiary/aromatic N) is 4. The number of para-hydroxylation sites is 1. The molecule has 0 radical (unpaired) electrons. The lowest BCUT2D eigenvalue weighted by Gasteiger charge is -2.35. The van der Waals surface area contributed by atoms with E-state index in [1.165, 1.54) is 19.1 Å². The monoisotopic (exact) mass is 398 g/mol. The molecule has 3 rings (SSSR count). The number of aliphatic carboxylic acids is 1. The third-order valence-corrected chi connectivity index (χ3v) is 4.47. The minimum Gasteiger partial charge on any atom is -0.480 e. The Balaban J connectivity index is 1.84. The Morgan fingerprint density at radius 3 is 2.61 bits per heavy atom. The first kappa shape index (κ1) is 19.6. The van der Waals surface area contributed by atoms with Crippen LogP contribution in [0.4, 0.5) is 13.2 Å². The van der Waals surface area contributed by atoms with Gasteiger partial charge in [0.05, 0.1) is 18.7 Å². The van der Waals surface area contributed by atoms with E-state index in [2.05, 4.69) is 10.2 Å². The third kappa shape index (κ3) is 3.64. The number of carboxylic acids is 1. The maximum atomic E-state index is 13.1. The summed E-state index contributed by atoms with van der Waals surface area (Å²) in [4.78, 5) is 25.5. The smallest absolute Gasteiger partial charge is 0.419 e. The molecule has 0 spiro atoms. The molecule has 0 fully saturated rings. The van der Waals surface area contributed by atoms with Crippen LogP contribution in [0.5, 0.6) is 5.75 Å². The zero-order valence-electron chi connectivity index (χ0n) is 15.0. The summed E-state index contributed by atoms with van der Waals surface area (Å²) in [6.07, 6.45) is -5.98. The van der Waals surface area contributed by atoms with Crippen LogP contribution in [0.2, 0.25) is 0 Å². The topological polar surface area (TPSA) is 97.5 Å². The maximum absolute atomic E-state index is 13.1. The zero-order chi connectivity index (χ0) is 20.6. The normalized spacial score (nSPS) is 17.8. The van der Waals surface area contributed by atoms with Crippen LogP contribution < -0.4 is 4.74 Å².